The SMILES string of the molecule is CC(=O)N1CCN(c2cc(Cl)nc(SCC(=O)N(CCN(C)C)Cc3ccccc3)n2)CC1C. The number of aromatic nitrogens is 2. The van der Waals surface area contributed by atoms with Crippen molar-refractivity contribution in [3.05, 3.63) is 47.1 Å². The number of anilines is 1. The number of amides is 2. The van der Waals surface area contributed by atoms with Crippen LogP contribution in [0, 0.1) is 0 Å². The van der Waals surface area contributed by atoms with Crippen molar-refractivity contribution in [1.29, 1.82) is 0 Å². The third-order valence-corrected chi connectivity index (χ3v) is 6.75. The maximum absolute atomic E-state index is 13.1. The second-order valence-electron chi connectivity index (χ2n) is 8.73. The molecule has 2 heterocycles. The molecule has 0 spiro atoms. The topological polar surface area (TPSA) is 72.9 Å². The average molecular weight is 505 g/mol. The molecule has 1 unspecified atom stereocenters. The van der Waals surface area contributed by atoms with E-state index in [4.69, 9.17) is 11.6 Å². The average Bonchev–Trinajstić information content (AvgIpc) is 2.80. The van der Waals surface area contributed by atoms with Crippen molar-refractivity contribution in [3.8, 4) is 0 Å². The zero-order valence-electron chi connectivity index (χ0n) is 20.3. The van der Waals surface area contributed by atoms with Gasteiger partial charge in [0.25, 0.3) is 0 Å². The summed E-state index contributed by atoms with van der Waals surface area (Å²) in [7, 11) is 4.00. The first-order chi connectivity index (χ1) is 16.2. The zero-order valence-corrected chi connectivity index (χ0v) is 21.8. The number of thioether (sulfide) groups is 1. The van der Waals surface area contributed by atoms with Crippen molar-refractivity contribution in [2.75, 3.05) is 57.5 Å². The van der Waals surface area contributed by atoms with Gasteiger partial charge in [-0.25, -0.2) is 9.97 Å². The number of piperazine rings is 1. The van der Waals surface area contributed by atoms with Gasteiger partial charge in [0.1, 0.15) is 11.0 Å². The molecule has 184 valence electrons. The molecule has 2 amide bonds. The molecule has 8 nitrogen and oxygen atoms in total. The van der Waals surface area contributed by atoms with Gasteiger partial charge in [-0.15, -0.1) is 0 Å². The van der Waals surface area contributed by atoms with Crippen molar-refractivity contribution >= 4 is 41.0 Å². The molecule has 3 rings (SSSR count). The monoisotopic (exact) mass is 504 g/mol. The van der Waals surface area contributed by atoms with Gasteiger partial charge in [0, 0.05) is 58.3 Å². The first kappa shape index (κ1) is 26.2. The van der Waals surface area contributed by atoms with Crippen molar-refractivity contribution in [2.24, 2.45) is 0 Å². The number of likely N-dealkylation sites (N-methyl/N-ethyl adjacent to an activating group) is 1. The lowest BCUT2D eigenvalue weighted by Gasteiger charge is -2.40. The molecule has 1 aliphatic heterocycles. The minimum absolute atomic E-state index is 0.0320. The maximum Gasteiger partial charge on any atom is 0.233 e. The lowest BCUT2D eigenvalue weighted by atomic mass is 10.2. The van der Waals surface area contributed by atoms with E-state index >= 15 is 0 Å². The molecule has 1 aromatic carbocycles. The van der Waals surface area contributed by atoms with Crippen LogP contribution in [0.4, 0.5) is 5.82 Å². The molecule has 0 saturated carbocycles. The number of nitrogens with zero attached hydrogens (tertiary/aromatic N) is 6. The second-order valence-corrected chi connectivity index (χ2v) is 10.1. The van der Waals surface area contributed by atoms with Crippen molar-refractivity contribution < 1.29 is 9.59 Å². The molecule has 10 heteroatoms. The van der Waals surface area contributed by atoms with E-state index in [1.54, 1.807) is 13.0 Å². The van der Waals surface area contributed by atoms with Crippen LogP contribution in [0.25, 0.3) is 0 Å². The molecule has 0 radical (unpaired) electrons. The first-order valence-electron chi connectivity index (χ1n) is 11.4. The number of carbonyl (C=O) groups excluding carboxylic acids is 2. The van der Waals surface area contributed by atoms with Crippen LogP contribution in [-0.4, -0.2) is 95.1 Å². The molecule has 1 aromatic heterocycles. The molecule has 34 heavy (non-hydrogen) atoms. The zero-order chi connectivity index (χ0) is 24.7. The van der Waals surface area contributed by atoms with Gasteiger partial charge in [0.2, 0.25) is 11.8 Å². The van der Waals surface area contributed by atoms with E-state index in [9.17, 15) is 9.59 Å². The van der Waals surface area contributed by atoms with Gasteiger partial charge < -0.3 is 19.6 Å². The minimum atomic E-state index is 0.0320. The Morgan fingerprint density at radius 1 is 1.15 bits per heavy atom. The molecule has 1 atom stereocenters. The van der Waals surface area contributed by atoms with Gasteiger partial charge in [-0.05, 0) is 26.6 Å². The van der Waals surface area contributed by atoms with Crippen LogP contribution in [0.1, 0.15) is 19.4 Å². The van der Waals surface area contributed by atoms with Gasteiger partial charge >= 0.3 is 0 Å². The fourth-order valence-electron chi connectivity index (χ4n) is 3.88. The van der Waals surface area contributed by atoms with E-state index in [2.05, 4.69) is 19.8 Å². The Kier molecular flexibility index (Phi) is 9.55. The summed E-state index contributed by atoms with van der Waals surface area (Å²) in [5, 5.41) is 0.820. The van der Waals surface area contributed by atoms with E-state index in [-0.39, 0.29) is 23.6 Å². The van der Waals surface area contributed by atoms with E-state index in [1.165, 1.54) is 11.8 Å². The highest BCUT2D eigenvalue weighted by Gasteiger charge is 2.26. The lowest BCUT2D eigenvalue weighted by molar-refractivity contribution is -0.131. The number of benzene rings is 1. The van der Waals surface area contributed by atoms with Gasteiger partial charge in [-0.2, -0.15) is 0 Å². The largest absolute Gasteiger partial charge is 0.353 e. The maximum atomic E-state index is 13.1. The molecular weight excluding hydrogens is 472 g/mol. The van der Waals surface area contributed by atoms with Gasteiger partial charge in [-0.3, -0.25) is 9.59 Å². The van der Waals surface area contributed by atoms with Gasteiger partial charge in [0.05, 0.1) is 5.75 Å². The fraction of sp³-hybridized carbons (Fsp3) is 0.500. The van der Waals surface area contributed by atoms with Crippen LogP contribution in [0.15, 0.2) is 41.6 Å². The predicted octanol–water partition coefficient (Wildman–Crippen LogP) is 2.87. The molecule has 0 aliphatic carbocycles. The standard InChI is InChI=1S/C24H33ClN6O2S/c1-18-15-29(12-13-31(18)19(2)32)22-14-21(25)26-24(27-22)34-17-23(33)30(11-10-28(3)4)16-20-8-6-5-7-9-20/h5-9,14,18H,10-13,15-17H2,1-4H3. The first-order valence-corrected chi connectivity index (χ1v) is 12.7. The van der Waals surface area contributed by atoms with Crippen molar-refractivity contribution in [1.82, 2.24) is 24.7 Å². The molecule has 2 aromatic rings. The summed E-state index contributed by atoms with van der Waals surface area (Å²) in [5.41, 5.74) is 1.10. The highest BCUT2D eigenvalue weighted by molar-refractivity contribution is 7.99. The van der Waals surface area contributed by atoms with E-state index in [0.29, 0.717) is 43.0 Å². The molecule has 1 aliphatic rings. The number of hydrogen-bond acceptors (Lipinski definition) is 7. The summed E-state index contributed by atoms with van der Waals surface area (Å²) in [6.07, 6.45) is 0. The normalized spacial score (nSPS) is 16.1. The Hall–Kier alpha value is -2.36. The molecule has 0 bridgehead atoms. The number of rotatable bonds is 9. The lowest BCUT2D eigenvalue weighted by Crippen LogP contribution is -2.53. The summed E-state index contributed by atoms with van der Waals surface area (Å²) < 4.78 is 0. The Labute approximate surface area is 211 Å². The Morgan fingerprint density at radius 3 is 2.53 bits per heavy atom. The van der Waals surface area contributed by atoms with Crippen LogP contribution in [0.3, 0.4) is 0 Å². The van der Waals surface area contributed by atoms with Crippen LogP contribution < -0.4 is 4.90 Å². The Balaban J connectivity index is 1.65. The summed E-state index contributed by atoms with van der Waals surface area (Å²) >= 11 is 7.60. The van der Waals surface area contributed by atoms with E-state index in [1.807, 2.05) is 61.2 Å². The predicted molar refractivity (Wildman–Crippen MR) is 137 cm³/mol. The highest BCUT2D eigenvalue weighted by Crippen LogP contribution is 2.24. The molecule has 1 fully saturated rings. The van der Waals surface area contributed by atoms with Gasteiger partial charge in [-0.1, -0.05) is 53.7 Å². The number of carbonyl (C=O) groups is 2. The number of hydrogen-bond donors (Lipinski definition) is 0. The number of halogens is 1. The van der Waals surface area contributed by atoms with Gasteiger partial charge in [0.15, 0.2) is 5.16 Å². The van der Waals surface area contributed by atoms with Crippen molar-refractivity contribution in [2.45, 2.75) is 31.6 Å². The second kappa shape index (κ2) is 12.4. The van der Waals surface area contributed by atoms with Crippen molar-refractivity contribution in [3.63, 3.8) is 0 Å². The van der Waals surface area contributed by atoms with Crippen LogP contribution >= 0.6 is 23.4 Å². The van der Waals surface area contributed by atoms with Crippen LogP contribution in [-0.2, 0) is 16.1 Å². The van der Waals surface area contributed by atoms with E-state index < -0.39 is 0 Å². The summed E-state index contributed by atoms with van der Waals surface area (Å²) in [5.74, 6) is 1.06. The highest BCUT2D eigenvalue weighted by atomic mass is 35.5. The van der Waals surface area contributed by atoms with Crippen LogP contribution in [0.2, 0.25) is 5.15 Å². The quantitative estimate of drug-likeness (QED) is 0.295. The third-order valence-electron chi connectivity index (χ3n) is 5.73. The fourth-order valence-corrected chi connectivity index (χ4v) is 4.86. The molecular formula is C24H33ClN6O2S. The molecule has 0 N–H and O–H groups in total. The Morgan fingerprint density at radius 2 is 1.88 bits per heavy atom. The van der Waals surface area contributed by atoms with E-state index in [0.717, 1.165) is 17.9 Å². The Bertz CT molecular complexity index is 977. The minimum Gasteiger partial charge on any atom is -0.353 e. The third kappa shape index (κ3) is 7.58. The summed E-state index contributed by atoms with van der Waals surface area (Å²) in [6.45, 7) is 7.60. The van der Waals surface area contributed by atoms with Crippen LogP contribution in [0.5, 0.6) is 0 Å². The smallest absolute Gasteiger partial charge is 0.233 e. The molecule has 1 saturated heterocycles. The summed E-state index contributed by atoms with van der Waals surface area (Å²) in [4.78, 5) is 41.8. The summed E-state index contributed by atoms with van der Waals surface area (Å²) in [6, 6.07) is 11.8.